The Morgan fingerprint density at radius 2 is 0.800 bits per heavy atom. The number of hydrogen-bond acceptors (Lipinski definition) is 0. The van der Waals surface area contributed by atoms with E-state index in [1.807, 2.05) is 0 Å². The van der Waals surface area contributed by atoms with E-state index in [1.54, 1.807) is 32.9 Å². The van der Waals surface area contributed by atoms with E-state index in [9.17, 15) is 39.5 Å². The average molecular weight is 523 g/mol. The molecule has 188 valence electrons. The van der Waals surface area contributed by atoms with Crippen molar-refractivity contribution in [2.75, 3.05) is 0 Å². The van der Waals surface area contributed by atoms with Crippen LogP contribution in [0, 0.1) is 27.7 Å². The predicted molar refractivity (Wildman–Crippen MR) is 115 cm³/mol. The van der Waals surface area contributed by atoms with Gasteiger partial charge in [0.05, 0.1) is 27.6 Å². The van der Waals surface area contributed by atoms with Crippen LogP contribution in [0.2, 0.25) is 0 Å². The second-order valence-corrected chi connectivity index (χ2v) is 10.3. The zero-order valence-electron chi connectivity index (χ0n) is 18.9. The van der Waals surface area contributed by atoms with Crippen LogP contribution in [0.25, 0.3) is 0 Å². The molecule has 0 N–H and O–H groups in total. The molecule has 0 nitrogen and oxygen atoms in total. The van der Waals surface area contributed by atoms with Crippen LogP contribution in [-0.2, 0) is 29.4 Å². The molecule has 0 saturated heterocycles. The third kappa shape index (κ3) is 5.97. The fourth-order valence-electron chi connectivity index (χ4n) is 3.93. The molecule has 0 aliphatic carbocycles. The maximum absolute atomic E-state index is 13.6. The first-order valence-corrected chi connectivity index (χ1v) is 11.4. The van der Waals surface area contributed by atoms with Gasteiger partial charge >= 0.3 is 18.5 Å². The molecule has 1 unspecified atom stereocenters. The van der Waals surface area contributed by atoms with Gasteiger partial charge < -0.3 is 0 Å². The lowest BCUT2D eigenvalue weighted by atomic mass is 10.1. The molecule has 3 rings (SSSR count). The number of benzene rings is 3. The van der Waals surface area contributed by atoms with Crippen molar-refractivity contribution in [3.05, 3.63) is 87.5 Å². The molecule has 10 heteroatoms. The van der Waals surface area contributed by atoms with Crippen LogP contribution >= 0.6 is 0 Å². The van der Waals surface area contributed by atoms with Gasteiger partial charge in [0.2, 0.25) is 0 Å². The molecule has 0 saturated carbocycles. The van der Waals surface area contributed by atoms with E-state index >= 15 is 0 Å². The fourth-order valence-corrected chi connectivity index (χ4v) is 6.48. The molecule has 35 heavy (non-hydrogen) atoms. The predicted octanol–water partition coefficient (Wildman–Crippen LogP) is 9.07. The van der Waals surface area contributed by atoms with Gasteiger partial charge in [0.15, 0.2) is 14.7 Å². The standard InChI is InChI=1S/C25H20F9S/c1-13-5-15(3)22(16(4)6-13)35(20-8-14(2)7-17(10-20)23(26,27)28)21-11-18(24(29,30)31)9-19(12-21)25(32,33)34/h5-12H,1-4H3/q+1. The second-order valence-electron chi connectivity index (χ2n) is 8.31. The summed E-state index contributed by atoms with van der Waals surface area (Å²) in [6.45, 7) is 6.42. The highest BCUT2D eigenvalue weighted by atomic mass is 32.2. The van der Waals surface area contributed by atoms with Crippen molar-refractivity contribution in [1.82, 2.24) is 0 Å². The Labute approximate surface area is 199 Å². The number of aryl methyl sites for hydroxylation is 4. The number of alkyl halides is 9. The highest BCUT2D eigenvalue weighted by molar-refractivity contribution is 7.97. The van der Waals surface area contributed by atoms with Gasteiger partial charge in [0.1, 0.15) is 0 Å². The molecule has 0 radical (unpaired) electrons. The van der Waals surface area contributed by atoms with Crippen molar-refractivity contribution < 1.29 is 39.5 Å². The molecule has 0 bridgehead atoms. The Hall–Kier alpha value is -2.62. The van der Waals surface area contributed by atoms with Gasteiger partial charge in [-0.3, -0.25) is 0 Å². The Morgan fingerprint density at radius 3 is 1.20 bits per heavy atom. The average Bonchev–Trinajstić information content (AvgIpc) is 2.67. The molecular formula is C25H20F9S+. The Bertz CT molecular complexity index is 1200. The smallest absolute Gasteiger partial charge is 0.166 e. The van der Waals surface area contributed by atoms with E-state index in [-0.39, 0.29) is 21.4 Å². The summed E-state index contributed by atoms with van der Waals surface area (Å²) in [5.41, 5.74) is -2.00. The van der Waals surface area contributed by atoms with E-state index in [1.165, 1.54) is 13.0 Å². The van der Waals surface area contributed by atoms with Gasteiger partial charge in [-0.2, -0.15) is 39.5 Å². The topological polar surface area (TPSA) is 0 Å². The molecule has 0 aliphatic rings. The lowest BCUT2D eigenvalue weighted by molar-refractivity contribution is -0.143. The van der Waals surface area contributed by atoms with Crippen molar-refractivity contribution in [3.8, 4) is 0 Å². The highest BCUT2D eigenvalue weighted by Crippen LogP contribution is 2.43. The first-order chi connectivity index (χ1) is 15.9. The quantitative estimate of drug-likeness (QED) is 0.237. The summed E-state index contributed by atoms with van der Waals surface area (Å²) >= 11 is 0. The van der Waals surface area contributed by atoms with Crippen LogP contribution in [0.3, 0.4) is 0 Å². The molecule has 0 aliphatic heterocycles. The fraction of sp³-hybridized carbons (Fsp3) is 0.280. The van der Waals surface area contributed by atoms with Crippen molar-refractivity contribution in [3.63, 3.8) is 0 Å². The summed E-state index contributed by atoms with van der Waals surface area (Å²) in [6.07, 6.45) is -14.9. The molecule has 3 aromatic carbocycles. The summed E-state index contributed by atoms with van der Waals surface area (Å²) in [5.74, 6) is 0. The Kier molecular flexibility index (Phi) is 7.02. The minimum absolute atomic E-state index is 0.0112. The van der Waals surface area contributed by atoms with Crippen molar-refractivity contribution >= 4 is 10.9 Å². The van der Waals surface area contributed by atoms with E-state index < -0.39 is 46.1 Å². The molecule has 0 heterocycles. The maximum atomic E-state index is 13.6. The van der Waals surface area contributed by atoms with E-state index in [4.69, 9.17) is 0 Å². The first-order valence-electron chi connectivity index (χ1n) is 10.2. The molecule has 0 fully saturated rings. The molecule has 0 spiro atoms. The van der Waals surface area contributed by atoms with E-state index in [0.29, 0.717) is 28.2 Å². The molecule has 3 aromatic rings. The van der Waals surface area contributed by atoms with Crippen molar-refractivity contribution in [2.45, 2.75) is 60.9 Å². The normalized spacial score (nSPS) is 13.7. The van der Waals surface area contributed by atoms with Crippen LogP contribution in [0.4, 0.5) is 39.5 Å². The number of hydrogen-bond donors (Lipinski definition) is 0. The van der Waals surface area contributed by atoms with Gasteiger partial charge in [-0.25, -0.2) is 0 Å². The largest absolute Gasteiger partial charge is 0.416 e. The molecule has 1 atom stereocenters. The monoisotopic (exact) mass is 523 g/mol. The van der Waals surface area contributed by atoms with E-state index in [0.717, 1.165) is 17.7 Å². The summed E-state index contributed by atoms with van der Waals surface area (Å²) < 4.78 is 122. The van der Waals surface area contributed by atoms with Crippen LogP contribution in [0.15, 0.2) is 63.2 Å². The number of halogens is 9. The number of rotatable bonds is 3. The first kappa shape index (κ1) is 27.0. The molecule has 0 amide bonds. The van der Waals surface area contributed by atoms with Gasteiger partial charge in [0.25, 0.3) is 0 Å². The summed E-state index contributed by atoms with van der Waals surface area (Å²) in [6, 6.07) is 7.62. The zero-order chi connectivity index (χ0) is 26.5. The maximum Gasteiger partial charge on any atom is 0.416 e. The van der Waals surface area contributed by atoms with Gasteiger partial charge in [-0.05, 0) is 51.5 Å². The third-order valence-electron chi connectivity index (χ3n) is 5.22. The third-order valence-corrected chi connectivity index (χ3v) is 7.69. The highest BCUT2D eigenvalue weighted by Gasteiger charge is 2.42. The zero-order valence-corrected chi connectivity index (χ0v) is 19.7. The van der Waals surface area contributed by atoms with Crippen LogP contribution < -0.4 is 0 Å². The summed E-state index contributed by atoms with van der Waals surface area (Å²) in [7, 11) is -1.69. The minimum atomic E-state index is -5.09. The van der Waals surface area contributed by atoms with Crippen molar-refractivity contribution in [2.24, 2.45) is 0 Å². The van der Waals surface area contributed by atoms with E-state index in [2.05, 4.69) is 0 Å². The lowest BCUT2D eigenvalue weighted by Gasteiger charge is -2.18. The Morgan fingerprint density at radius 1 is 0.457 bits per heavy atom. The van der Waals surface area contributed by atoms with Gasteiger partial charge in [0, 0.05) is 29.3 Å². The SMILES string of the molecule is Cc1cc([S+](c2cc(C(F)(F)F)cc(C(F)(F)F)c2)c2c(C)cc(C)cc2C)cc(C(F)(F)F)c1. The summed E-state index contributed by atoms with van der Waals surface area (Å²) in [4.78, 5) is -0.0254. The van der Waals surface area contributed by atoms with Gasteiger partial charge in [-0.15, -0.1) is 0 Å². The molecule has 0 aromatic heterocycles. The molecular weight excluding hydrogens is 503 g/mol. The Balaban J connectivity index is 2.45. The van der Waals surface area contributed by atoms with Crippen LogP contribution in [0.5, 0.6) is 0 Å². The van der Waals surface area contributed by atoms with Crippen molar-refractivity contribution in [1.29, 1.82) is 0 Å². The lowest BCUT2D eigenvalue weighted by Crippen LogP contribution is -2.16. The second kappa shape index (κ2) is 9.11. The van der Waals surface area contributed by atoms with Gasteiger partial charge in [-0.1, -0.05) is 17.7 Å². The summed E-state index contributed by atoms with van der Waals surface area (Å²) in [5, 5.41) is 0. The van der Waals surface area contributed by atoms with Crippen LogP contribution in [0.1, 0.15) is 38.9 Å². The van der Waals surface area contributed by atoms with Crippen LogP contribution in [-0.4, -0.2) is 0 Å². The minimum Gasteiger partial charge on any atom is -0.166 e.